The third-order valence-corrected chi connectivity index (χ3v) is 2.81. The fraction of sp³-hybridized carbons (Fsp3) is 0.500. The number of methoxy groups -OCH3 is 1. The molecule has 5 nitrogen and oxygen atoms in total. The minimum absolute atomic E-state index is 0.487. The molecule has 6 heteroatoms. The molecule has 78 valence electrons. The maximum atomic E-state index is 11.0. The fourth-order valence-electron chi connectivity index (χ4n) is 0.838. The molecule has 0 aliphatic heterocycles. The van der Waals surface area contributed by atoms with Crippen molar-refractivity contribution in [2.24, 2.45) is 0 Å². The van der Waals surface area contributed by atoms with E-state index in [9.17, 15) is 9.90 Å². The van der Waals surface area contributed by atoms with Crippen LogP contribution in [0.3, 0.4) is 0 Å². The minimum atomic E-state index is -1.23. The molecule has 0 bridgehead atoms. The summed E-state index contributed by atoms with van der Waals surface area (Å²) in [5.41, 5.74) is 0. The lowest BCUT2D eigenvalue weighted by Crippen LogP contribution is -2.12. The number of hydrogen-bond acceptors (Lipinski definition) is 6. The Labute approximate surface area is 85.9 Å². The molecule has 0 spiro atoms. The Kier molecular flexibility index (Phi) is 3.43. The highest BCUT2D eigenvalue weighted by atomic mass is 32.1. The number of ether oxygens (including phenoxy) is 1. The molecule has 0 amide bonds. The van der Waals surface area contributed by atoms with Crippen molar-refractivity contribution < 1.29 is 14.6 Å². The Morgan fingerprint density at radius 3 is 2.79 bits per heavy atom. The maximum Gasteiger partial charge on any atom is 0.340 e. The number of aliphatic hydroxyl groups is 1. The van der Waals surface area contributed by atoms with E-state index in [-0.39, 0.29) is 0 Å². The molecule has 1 heterocycles. The summed E-state index contributed by atoms with van der Waals surface area (Å²) in [6.07, 6.45) is 0.243. The number of rotatable bonds is 3. The first-order chi connectivity index (χ1) is 6.56. The Bertz CT molecular complexity index is 324. The van der Waals surface area contributed by atoms with Crippen LogP contribution >= 0.6 is 11.3 Å². The Hall–Kier alpha value is -1.14. The molecule has 0 aliphatic carbocycles. The van der Waals surface area contributed by atoms with Gasteiger partial charge in [0.2, 0.25) is 0 Å². The molecule has 1 aromatic heterocycles. The SMILES string of the molecule is COC(=O)C(O)c1cnc(N(C)C)s1. The second-order valence-electron chi connectivity index (χ2n) is 2.87. The standard InChI is InChI=1S/C8H12N2O3S/c1-10(2)8-9-4-5(14-8)6(11)7(12)13-3/h4,6,11H,1-3H3. The van der Waals surface area contributed by atoms with Crippen LogP contribution in [-0.2, 0) is 9.53 Å². The van der Waals surface area contributed by atoms with E-state index in [2.05, 4.69) is 9.72 Å². The largest absolute Gasteiger partial charge is 0.467 e. The zero-order valence-corrected chi connectivity index (χ0v) is 9.04. The number of nitrogens with zero attached hydrogens (tertiary/aromatic N) is 2. The molecule has 1 N–H and O–H groups in total. The molecule has 1 atom stereocenters. The van der Waals surface area contributed by atoms with Crippen LogP contribution < -0.4 is 4.90 Å². The third-order valence-electron chi connectivity index (χ3n) is 1.59. The Morgan fingerprint density at radius 1 is 1.71 bits per heavy atom. The average molecular weight is 216 g/mol. The first-order valence-electron chi connectivity index (χ1n) is 3.95. The first-order valence-corrected chi connectivity index (χ1v) is 4.77. The monoisotopic (exact) mass is 216 g/mol. The highest BCUT2D eigenvalue weighted by Gasteiger charge is 2.20. The van der Waals surface area contributed by atoms with Gasteiger partial charge in [0.15, 0.2) is 11.2 Å². The first kappa shape index (κ1) is 10.9. The summed E-state index contributed by atoms with van der Waals surface area (Å²) in [6.45, 7) is 0. The van der Waals surface area contributed by atoms with Crippen LogP contribution in [0.5, 0.6) is 0 Å². The smallest absolute Gasteiger partial charge is 0.340 e. The van der Waals surface area contributed by atoms with Gasteiger partial charge in [0, 0.05) is 20.3 Å². The molecular weight excluding hydrogens is 204 g/mol. The number of carbonyl (C=O) groups excluding carboxylic acids is 1. The van der Waals surface area contributed by atoms with Crippen molar-refractivity contribution >= 4 is 22.4 Å². The summed E-state index contributed by atoms with van der Waals surface area (Å²) in [5, 5.41) is 10.2. The van der Waals surface area contributed by atoms with Gasteiger partial charge in [0.25, 0.3) is 0 Å². The summed E-state index contributed by atoms with van der Waals surface area (Å²) >= 11 is 1.26. The quantitative estimate of drug-likeness (QED) is 0.742. The van der Waals surface area contributed by atoms with Crippen LogP contribution in [-0.4, -0.2) is 37.3 Å². The predicted octanol–water partition coefficient (Wildman–Crippen LogP) is 0.415. The van der Waals surface area contributed by atoms with Crippen LogP contribution in [0.4, 0.5) is 5.13 Å². The highest BCUT2D eigenvalue weighted by molar-refractivity contribution is 7.15. The molecule has 0 saturated heterocycles. The van der Waals surface area contributed by atoms with Crippen LogP contribution in [0.25, 0.3) is 0 Å². The van der Waals surface area contributed by atoms with Crippen molar-refractivity contribution in [2.45, 2.75) is 6.10 Å². The topological polar surface area (TPSA) is 62.7 Å². The van der Waals surface area contributed by atoms with Gasteiger partial charge < -0.3 is 14.7 Å². The van der Waals surface area contributed by atoms with E-state index in [1.54, 1.807) is 4.90 Å². The molecular formula is C8H12N2O3S. The molecule has 0 radical (unpaired) electrons. The van der Waals surface area contributed by atoms with Crippen molar-refractivity contribution in [1.82, 2.24) is 4.98 Å². The molecule has 0 fully saturated rings. The van der Waals surface area contributed by atoms with E-state index >= 15 is 0 Å². The van der Waals surface area contributed by atoms with Gasteiger partial charge in [-0.1, -0.05) is 11.3 Å². The number of thiazole rings is 1. The molecule has 1 aromatic rings. The number of aromatic nitrogens is 1. The molecule has 0 aromatic carbocycles. The second-order valence-corrected chi connectivity index (χ2v) is 3.91. The van der Waals surface area contributed by atoms with Crippen molar-refractivity contribution in [2.75, 3.05) is 26.1 Å². The summed E-state index contributed by atoms with van der Waals surface area (Å²) in [5.74, 6) is -0.668. The fourth-order valence-corrected chi connectivity index (χ4v) is 1.65. The molecule has 1 rings (SSSR count). The zero-order chi connectivity index (χ0) is 10.7. The average Bonchev–Trinajstić information content (AvgIpc) is 2.64. The van der Waals surface area contributed by atoms with E-state index in [1.165, 1.54) is 24.6 Å². The Balaban J connectivity index is 2.81. The summed E-state index contributed by atoms with van der Waals surface area (Å²) in [6, 6.07) is 0. The van der Waals surface area contributed by atoms with E-state index in [1.807, 2.05) is 14.1 Å². The number of aliphatic hydroxyl groups excluding tert-OH is 1. The molecule has 0 aliphatic rings. The second kappa shape index (κ2) is 4.39. The highest BCUT2D eigenvalue weighted by Crippen LogP contribution is 2.26. The van der Waals surface area contributed by atoms with Crippen LogP contribution in [0.1, 0.15) is 11.0 Å². The van der Waals surface area contributed by atoms with E-state index in [4.69, 9.17) is 0 Å². The van der Waals surface area contributed by atoms with Crippen molar-refractivity contribution in [3.05, 3.63) is 11.1 Å². The van der Waals surface area contributed by atoms with Crippen LogP contribution in [0.2, 0.25) is 0 Å². The minimum Gasteiger partial charge on any atom is -0.467 e. The van der Waals surface area contributed by atoms with Gasteiger partial charge in [-0.15, -0.1) is 0 Å². The maximum absolute atomic E-state index is 11.0. The molecule has 14 heavy (non-hydrogen) atoms. The lowest BCUT2D eigenvalue weighted by atomic mass is 10.3. The lowest BCUT2D eigenvalue weighted by molar-refractivity contribution is -0.150. The molecule has 1 unspecified atom stereocenters. The number of anilines is 1. The summed E-state index contributed by atoms with van der Waals surface area (Å²) in [4.78, 5) is 17.3. The van der Waals surface area contributed by atoms with Gasteiger partial charge in [-0.2, -0.15) is 0 Å². The number of esters is 1. The summed E-state index contributed by atoms with van der Waals surface area (Å²) < 4.78 is 4.41. The Morgan fingerprint density at radius 2 is 2.36 bits per heavy atom. The number of hydrogen-bond donors (Lipinski definition) is 1. The van der Waals surface area contributed by atoms with Crippen molar-refractivity contribution in [1.29, 1.82) is 0 Å². The zero-order valence-electron chi connectivity index (χ0n) is 8.22. The van der Waals surface area contributed by atoms with Crippen LogP contribution in [0, 0.1) is 0 Å². The molecule has 0 saturated carbocycles. The predicted molar refractivity (Wildman–Crippen MR) is 53.4 cm³/mol. The lowest BCUT2D eigenvalue weighted by Gasteiger charge is -2.06. The third kappa shape index (κ3) is 2.21. The van der Waals surface area contributed by atoms with Crippen molar-refractivity contribution in [3.8, 4) is 0 Å². The van der Waals surface area contributed by atoms with Gasteiger partial charge in [-0.3, -0.25) is 0 Å². The van der Waals surface area contributed by atoms with E-state index in [0.717, 1.165) is 5.13 Å². The van der Waals surface area contributed by atoms with Crippen LogP contribution in [0.15, 0.2) is 6.20 Å². The van der Waals surface area contributed by atoms with E-state index in [0.29, 0.717) is 4.88 Å². The van der Waals surface area contributed by atoms with Gasteiger partial charge in [0.05, 0.1) is 12.0 Å². The van der Waals surface area contributed by atoms with E-state index < -0.39 is 12.1 Å². The van der Waals surface area contributed by atoms with Gasteiger partial charge >= 0.3 is 5.97 Å². The van der Waals surface area contributed by atoms with Crippen molar-refractivity contribution in [3.63, 3.8) is 0 Å². The van der Waals surface area contributed by atoms with Gasteiger partial charge in [-0.05, 0) is 0 Å². The number of carbonyl (C=O) groups is 1. The van der Waals surface area contributed by atoms with Gasteiger partial charge in [0.1, 0.15) is 0 Å². The van der Waals surface area contributed by atoms with Gasteiger partial charge in [-0.25, -0.2) is 9.78 Å². The summed E-state index contributed by atoms with van der Waals surface area (Å²) in [7, 11) is 4.92. The normalized spacial score (nSPS) is 12.3.